The predicted molar refractivity (Wildman–Crippen MR) is 134 cm³/mol. The Morgan fingerprint density at radius 3 is 2.50 bits per heavy atom. The molecule has 5 N–H and O–H groups in total. The number of carbonyl (C=O) groups excluding carboxylic acids is 1. The minimum absolute atomic E-state index is 0. The average molecular weight is 527 g/mol. The van der Waals surface area contributed by atoms with E-state index < -0.39 is 24.3 Å². The molecule has 3 atom stereocenters. The molecular weight excluding hydrogens is 485 g/mol. The van der Waals surface area contributed by atoms with Crippen molar-refractivity contribution in [2.24, 2.45) is 5.73 Å². The van der Waals surface area contributed by atoms with Crippen molar-refractivity contribution < 1.29 is 24.2 Å². The van der Waals surface area contributed by atoms with Crippen LogP contribution in [0.4, 0.5) is 0 Å². The third-order valence-corrected chi connectivity index (χ3v) is 6.81. The second kappa shape index (κ2) is 15.7. The molecule has 3 rings (SSSR count). The first-order valence-corrected chi connectivity index (χ1v) is 12.0. The lowest BCUT2D eigenvalue weighted by molar-refractivity contribution is -0.139. The highest BCUT2D eigenvalue weighted by atomic mass is 35.5. The van der Waals surface area contributed by atoms with Gasteiger partial charge in [-0.25, -0.2) is 0 Å². The molecule has 0 aromatic heterocycles. The molecule has 0 radical (unpaired) electrons. The number of piperidine rings is 2. The molecule has 3 saturated heterocycles. The maximum atomic E-state index is 11.9. The third kappa shape index (κ3) is 9.47. The second-order valence-electron chi connectivity index (χ2n) is 9.15. The predicted octanol–water partition coefficient (Wildman–Crippen LogP) is 1.59. The summed E-state index contributed by atoms with van der Waals surface area (Å²) >= 11 is 0. The van der Waals surface area contributed by atoms with Crippen LogP contribution in [0.15, 0.2) is 0 Å². The van der Waals surface area contributed by atoms with Crippen molar-refractivity contribution in [2.45, 2.75) is 82.0 Å². The number of hydrogen-bond acceptors (Lipinski definition) is 7. The molecule has 0 saturated carbocycles. The zero-order valence-corrected chi connectivity index (χ0v) is 21.4. The van der Waals surface area contributed by atoms with Crippen molar-refractivity contribution in [1.29, 1.82) is 5.41 Å². The van der Waals surface area contributed by atoms with E-state index in [9.17, 15) is 9.59 Å². The molecule has 0 aromatic rings. The Balaban J connectivity index is 0.00000289. The van der Waals surface area contributed by atoms with Gasteiger partial charge in [0.25, 0.3) is 0 Å². The summed E-state index contributed by atoms with van der Waals surface area (Å²) in [6.45, 7) is 4.91. The van der Waals surface area contributed by atoms with Gasteiger partial charge in [0.05, 0.1) is 25.2 Å². The number of amides is 1. The van der Waals surface area contributed by atoms with E-state index in [1.165, 1.54) is 32.2 Å². The van der Waals surface area contributed by atoms with Gasteiger partial charge in [0, 0.05) is 38.4 Å². The Labute approximate surface area is 214 Å². The molecule has 3 heterocycles. The minimum Gasteiger partial charge on any atom is -0.481 e. The fraction of sp³-hybridized carbons (Fsp3) is 0.864. The van der Waals surface area contributed by atoms with E-state index in [1.54, 1.807) is 4.90 Å². The number of hydrogen-bond donors (Lipinski definition) is 4. The highest BCUT2D eigenvalue weighted by Gasteiger charge is 2.30. The number of carbonyl (C=O) groups is 2. The van der Waals surface area contributed by atoms with Gasteiger partial charge in [-0.3, -0.25) is 25.2 Å². The van der Waals surface area contributed by atoms with Crippen LogP contribution in [0.25, 0.3) is 0 Å². The quantitative estimate of drug-likeness (QED) is 0.276. The number of ether oxygens (including phenoxy) is 2. The molecule has 1 amide bonds. The maximum Gasteiger partial charge on any atom is 0.305 e. The Kier molecular flexibility index (Phi) is 14.3. The molecule has 3 aliphatic rings. The summed E-state index contributed by atoms with van der Waals surface area (Å²) in [5.74, 6) is -1.81. The van der Waals surface area contributed by atoms with Crippen LogP contribution in [0.3, 0.4) is 0 Å². The van der Waals surface area contributed by atoms with Gasteiger partial charge in [-0.05, 0) is 51.5 Å². The molecule has 198 valence electrons. The fourth-order valence-electron chi connectivity index (χ4n) is 4.98. The average Bonchev–Trinajstić information content (AvgIpc) is 2.80. The summed E-state index contributed by atoms with van der Waals surface area (Å²) in [6, 6.07) is -0.0238. The number of carboxylic acid groups (broad SMARTS) is 1. The SMILES string of the molecule is Cl.Cl.N=C(NC(=O)C(N)CC(=O)O)N1CCC(OCC[C@@H]2CCCCN2[C@H]2CCCOC2)CC1. The highest BCUT2D eigenvalue weighted by Crippen LogP contribution is 2.26. The number of guanidine groups is 1. The zero-order chi connectivity index (χ0) is 22.9. The number of nitrogens with zero attached hydrogens (tertiary/aromatic N) is 2. The van der Waals surface area contributed by atoms with Crippen LogP contribution in [0.2, 0.25) is 0 Å². The molecule has 0 spiro atoms. The van der Waals surface area contributed by atoms with Crippen LogP contribution < -0.4 is 11.1 Å². The molecule has 10 nitrogen and oxygen atoms in total. The van der Waals surface area contributed by atoms with Crippen molar-refractivity contribution in [3.05, 3.63) is 0 Å². The molecule has 0 aromatic carbocycles. The Bertz CT molecular complexity index is 645. The molecule has 34 heavy (non-hydrogen) atoms. The molecule has 12 heteroatoms. The zero-order valence-electron chi connectivity index (χ0n) is 19.8. The smallest absolute Gasteiger partial charge is 0.305 e. The van der Waals surface area contributed by atoms with Crippen molar-refractivity contribution >= 4 is 42.7 Å². The maximum absolute atomic E-state index is 11.9. The summed E-state index contributed by atoms with van der Waals surface area (Å²) in [5, 5.41) is 19.2. The van der Waals surface area contributed by atoms with Crippen LogP contribution in [-0.4, -0.2) is 96.4 Å². The van der Waals surface area contributed by atoms with Gasteiger partial charge in [0.1, 0.15) is 0 Å². The summed E-state index contributed by atoms with van der Waals surface area (Å²) in [4.78, 5) is 27.0. The molecule has 3 fully saturated rings. The lowest BCUT2D eigenvalue weighted by atomic mass is 9.95. The molecule has 1 unspecified atom stereocenters. The number of carboxylic acids is 1. The number of nitrogens with one attached hydrogen (secondary N) is 2. The van der Waals surface area contributed by atoms with Gasteiger partial charge in [-0.2, -0.15) is 0 Å². The minimum atomic E-state index is -1.16. The van der Waals surface area contributed by atoms with Crippen LogP contribution >= 0.6 is 24.8 Å². The summed E-state index contributed by atoms with van der Waals surface area (Å²) in [5.41, 5.74) is 5.55. The van der Waals surface area contributed by atoms with Gasteiger partial charge in [-0.15, -0.1) is 24.8 Å². The molecule has 0 bridgehead atoms. The number of nitrogens with two attached hydrogens (primary N) is 1. The van der Waals surface area contributed by atoms with Gasteiger partial charge < -0.3 is 25.2 Å². The summed E-state index contributed by atoms with van der Waals surface area (Å²) < 4.78 is 11.9. The van der Waals surface area contributed by atoms with Crippen LogP contribution in [-0.2, 0) is 19.1 Å². The summed E-state index contributed by atoms with van der Waals surface area (Å²) in [6.07, 6.45) is 8.54. The number of aliphatic carboxylic acids is 1. The van der Waals surface area contributed by atoms with Gasteiger partial charge in [-0.1, -0.05) is 6.42 Å². The van der Waals surface area contributed by atoms with Gasteiger partial charge in [0.2, 0.25) is 5.91 Å². The topological polar surface area (TPSA) is 141 Å². The van der Waals surface area contributed by atoms with Crippen molar-refractivity contribution in [1.82, 2.24) is 15.1 Å². The third-order valence-electron chi connectivity index (χ3n) is 6.81. The number of halogens is 2. The first-order valence-electron chi connectivity index (χ1n) is 12.0. The van der Waals surface area contributed by atoms with E-state index in [1.807, 2.05) is 0 Å². The molecule has 0 aliphatic carbocycles. The number of likely N-dealkylation sites (tertiary alicyclic amines) is 2. The van der Waals surface area contributed by atoms with Crippen molar-refractivity contribution in [3.63, 3.8) is 0 Å². The first-order chi connectivity index (χ1) is 15.4. The number of rotatable bonds is 8. The van der Waals surface area contributed by atoms with E-state index in [0.29, 0.717) is 25.2 Å². The van der Waals surface area contributed by atoms with Crippen LogP contribution in [0.5, 0.6) is 0 Å². The summed E-state index contributed by atoms with van der Waals surface area (Å²) in [7, 11) is 0. The lowest BCUT2D eigenvalue weighted by Gasteiger charge is -2.43. The van der Waals surface area contributed by atoms with Crippen molar-refractivity contribution in [3.8, 4) is 0 Å². The Hall–Kier alpha value is -1.17. The Morgan fingerprint density at radius 2 is 1.85 bits per heavy atom. The largest absolute Gasteiger partial charge is 0.481 e. The lowest BCUT2D eigenvalue weighted by Crippen LogP contribution is -2.52. The first kappa shape index (κ1) is 30.9. The fourth-order valence-corrected chi connectivity index (χ4v) is 4.98. The normalized spacial score (nSPS) is 24.9. The van der Waals surface area contributed by atoms with E-state index >= 15 is 0 Å². The standard InChI is InChI=1S/C22H39N5O5.2ClH/c23-19(14-20(28)29)21(30)25-22(24)26-10-6-18(7-11-26)32-13-8-16-4-1-2-9-27(16)17-5-3-12-31-15-17;;/h16-19H,1-15,23H2,(H,28,29)(H2,24,25,30);2*1H/t16-,17-,19?;;/m0../s1. The van der Waals surface area contributed by atoms with E-state index in [-0.39, 0.29) is 36.9 Å². The van der Waals surface area contributed by atoms with Crippen molar-refractivity contribution in [2.75, 3.05) is 39.5 Å². The van der Waals surface area contributed by atoms with E-state index in [0.717, 1.165) is 45.5 Å². The highest BCUT2D eigenvalue weighted by molar-refractivity contribution is 5.99. The van der Waals surface area contributed by atoms with Crippen LogP contribution in [0.1, 0.15) is 57.8 Å². The Morgan fingerprint density at radius 1 is 1.12 bits per heavy atom. The van der Waals surface area contributed by atoms with Crippen LogP contribution in [0, 0.1) is 5.41 Å². The molecule has 3 aliphatic heterocycles. The van der Waals surface area contributed by atoms with E-state index in [4.69, 9.17) is 25.7 Å². The second-order valence-corrected chi connectivity index (χ2v) is 9.15. The molecular formula is C22H41Cl2N5O5. The monoisotopic (exact) mass is 525 g/mol. The van der Waals surface area contributed by atoms with Gasteiger partial charge >= 0.3 is 5.97 Å². The van der Waals surface area contributed by atoms with E-state index in [2.05, 4.69) is 10.2 Å². The van der Waals surface area contributed by atoms with Gasteiger partial charge in [0.15, 0.2) is 5.96 Å².